The molecular weight excluding hydrogens is 439 g/mol. The van der Waals surface area contributed by atoms with E-state index in [2.05, 4.69) is 20.4 Å². The number of alkyl halides is 3. The standard InChI is InChI=1S/C22H18F3N5O3/c1-3-15-12(2)26-21(28-20(15)32)30-18(11-16(29-30)17-8-5-9-33-17)27-19(31)13-6-4-7-14(10-13)22(23,24)25/h4-11H,3H2,1-2H3,(H,27,31)(H,26,28,32). The highest BCUT2D eigenvalue weighted by Crippen LogP contribution is 2.30. The van der Waals surface area contributed by atoms with Crippen LogP contribution in [0, 0.1) is 6.92 Å². The number of hydrogen-bond donors (Lipinski definition) is 2. The van der Waals surface area contributed by atoms with Gasteiger partial charge in [-0.2, -0.15) is 23.0 Å². The maximum absolute atomic E-state index is 13.0. The first-order chi connectivity index (χ1) is 15.7. The lowest BCUT2D eigenvalue weighted by atomic mass is 10.1. The van der Waals surface area contributed by atoms with Gasteiger partial charge in [-0.3, -0.25) is 14.6 Å². The fourth-order valence-corrected chi connectivity index (χ4v) is 3.31. The molecule has 0 bridgehead atoms. The number of furan rings is 1. The van der Waals surface area contributed by atoms with E-state index in [1.807, 2.05) is 6.92 Å². The molecule has 11 heteroatoms. The highest BCUT2D eigenvalue weighted by atomic mass is 19.4. The summed E-state index contributed by atoms with van der Waals surface area (Å²) in [7, 11) is 0. The number of amides is 1. The molecule has 0 atom stereocenters. The molecule has 0 aliphatic carbocycles. The lowest BCUT2D eigenvalue weighted by Gasteiger charge is -2.11. The van der Waals surface area contributed by atoms with Crippen LogP contribution in [0.5, 0.6) is 0 Å². The summed E-state index contributed by atoms with van der Waals surface area (Å²) in [4.78, 5) is 32.2. The smallest absolute Gasteiger partial charge is 0.416 e. The summed E-state index contributed by atoms with van der Waals surface area (Å²) in [5.41, 5.74) is -0.189. The van der Waals surface area contributed by atoms with E-state index in [1.54, 1.807) is 19.1 Å². The van der Waals surface area contributed by atoms with Crippen LogP contribution >= 0.6 is 0 Å². The van der Waals surface area contributed by atoms with Crippen molar-refractivity contribution >= 4 is 11.7 Å². The van der Waals surface area contributed by atoms with Gasteiger partial charge in [0.2, 0.25) is 5.95 Å². The number of nitrogens with one attached hydrogen (secondary N) is 2. The zero-order chi connectivity index (χ0) is 23.8. The Morgan fingerprint density at radius 1 is 1.21 bits per heavy atom. The highest BCUT2D eigenvalue weighted by Gasteiger charge is 2.31. The molecule has 33 heavy (non-hydrogen) atoms. The summed E-state index contributed by atoms with van der Waals surface area (Å²) < 4.78 is 45.7. The Bertz CT molecular complexity index is 1370. The average Bonchev–Trinajstić information content (AvgIpc) is 3.43. The zero-order valence-electron chi connectivity index (χ0n) is 17.5. The predicted molar refractivity (Wildman–Crippen MR) is 113 cm³/mol. The third-order valence-electron chi connectivity index (χ3n) is 4.94. The molecule has 0 aliphatic heterocycles. The SMILES string of the molecule is CCc1c(C)nc(-n2nc(-c3ccco3)cc2NC(=O)c2cccc(C(F)(F)F)c2)[nH]c1=O. The molecule has 0 saturated heterocycles. The molecule has 0 fully saturated rings. The lowest BCUT2D eigenvalue weighted by Crippen LogP contribution is -2.22. The van der Waals surface area contributed by atoms with E-state index in [9.17, 15) is 22.8 Å². The van der Waals surface area contributed by atoms with Crippen molar-refractivity contribution in [1.82, 2.24) is 19.7 Å². The monoisotopic (exact) mass is 457 g/mol. The Morgan fingerprint density at radius 3 is 2.64 bits per heavy atom. The van der Waals surface area contributed by atoms with E-state index in [1.165, 1.54) is 23.1 Å². The van der Waals surface area contributed by atoms with Crippen LogP contribution in [0.25, 0.3) is 17.4 Å². The average molecular weight is 457 g/mol. The highest BCUT2D eigenvalue weighted by molar-refractivity contribution is 6.04. The first kappa shape index (κ1) is 22.1. The summed E-state index contributed by atoms with van der Waals surface area (Å²) in [6.07, 6.45) is -2.67. The molecule has 8 nitrogen and oxygen atoms in total. The number of benzene rings is 1. The number of carbonyl (C=O) groups is 1. The molecule has 1 aromatic carbocycles. The molecule has 3 aromatic heterocycles. The number of nitrogens with zero attached hydrogens (tertiary/aromatic N) is 3. The van der Waals surface area contributed by atoms with Crippen LogP contribution in [-0.4, -0.2) is 25.7 Å². The summed E-state index contributed by atoms with van der Waals surface area (Å²) in [5, 5.41) is 6.90. The van der Waals surface area contributed by atoms with Crippen molar-refractivity contribution in [2.24, 2.45) is 0 Å². The van der Waals surface area contributed by atoms with Crippen LogP contribution in [0.4, 0.5) is 19.0 Å². The topological polar surface area (TPSA) is 106 Å². The Balaban J connectivity index is 1.77. The largest absolute Gasteiger partial charge is 0.463 e. The Labute approximate surface area is 185 Å². The van der Waals surface area contributed by atoms with Gasteiger partial charge in [0.25, 0.3) is 11.5 Å². The Kier molecular flexibility index (Phi) is 5.62. The van der Waals surface area contributed by atoms with Crippen molar-refractivity contribution in [3.05, 3.63) is 81.5 Å². The van der Waals surface area contributed by atoms with Crippen molar-refractivity contribution in [2.75, 3.05) is 5.32 Å². The van der Waals surface area contributed by atoms with E-state index in [0.29, 0.717) is 29.1 Å². The molecule has 0 aliphatic rings. The number of hydrogen-bond acceptors (Lipinski definition) is 5. The van der Waals surface area contributed by atoms with E-state index >= 15 is 0 Å². The second-order valence-corrected chi connectivity index (χ2v) is 7.14. The van der Waals surface area contributed by atoms with Gasteiger partial charge < -0.3 is 9.73 Å². The number of rotatable bonds is 5. The van der Waals surface area contributed by atoms with Gasteiger partial charge in [0.15, 0.2) is 5.76 Å². The van der Waals surface area contributed by atoms with Gasteiger partial charge >= 0.3 is 6.18 Å². The fourth-order valence-electron chi connectivity index (χ4n) is 3.31. The molecular formula is C22H18F3N5O3. The quantitative estimate of drug-likeness (QED) is 0.463. The van der Waals surface area contributed by atoms with Crippen LogP contribution in [0.3, 0.4) is 0 Å². The molecule has 0 saturated carbocycles. The van der Waals surface area contributed by atoms with Crippen molar-refractivity contribution in [2.45, 2.75) is 26.4 Å². The van der Waals surface area contributed by atoms with Gasteiger partial charge in [-0.1, -0.05) is 13.0 Å². The number of aromatic nitrogens is 4. The normalized spacial score (nSPS) is 11.5. The number of anilines is 1. The minimum absolute atomic E-state index is 0.0341. The maximum Gasteiger partial charge on any atom is 0.416 e. The molecule has 0 unspecified atom stereocenters. The van der Waals surface area contributed by atoms with Gasteiger partial charge in [-0.05, 0) is 43.7 Å². The van der Waals surface area contributed by atoms with Crippen LogP contribution in [0.1, 0.15) is 34.1 Å². The Morgan fingerprint density at radius 2 is 2.00 bits per heavy atom. The summed E-state index contributed by atoms with van der Waals surface area (Å²) in [6, 6.07) is 8.80. The maximum atomic E-state index is 13.0. The van der Waals surface area contributed by atoms with Gasteiger partial charge in [-0.15, -0.1) is 0 Å². The molecule has 0 spiro atoms. The number of H-pyrrole nitrogens is 1. The van der Waals surface area contributed by atoms with Crippen LogP contribution in [-0.2, 0) is 12.6 Å². The molecule has 1 amide bonds. The number of aromatic amines is 1. The molecule has 4 aromatic rings. The minimum Gasteiger partial charge on any atom is -0.463 e. The van der Waals surface area contributed by atoms with Gasteiger partial charge in [0.05, 0.1) is 11.8 Å². The second kappa shape index (κ2) is 8.41. The lowest BCUT2D eigenvalue weighted by molar-refractivity contribution is -0.137. The molecule has 4 rings (SSSR count). The van der Waals surface area contributed by atoms with E-state index in [-0.39, 0.29) is 22.9 Å². The summed E-state index contributed by atoms with van der Waals surface area (Å²) in [5.74, 6) is -0.299. The van der Waals surface area contributed by atoms with Crippen LogP contribution < -0.4 is 10.9 Å². The molecule has 2 N–H and O–H groups in total. The third-order valence-corrected chi connectivity index (χ3v) is 4.94. The summed E-state index contributed by atoms with van der Waals surface area (Å²) >= 11 is 0. The van der Waals surface area contributed by atoms with Crippen LogP contribution in [0.15, 0.2) is 57.9 Å². The number of aryl methyl sites for hydroxylation is 1. The number of halogens is 3. The van der Waals surface area contributed by atoms with Gasteiger partial charge in [0, 0.05) is 22.9 Å². The van der Waals surface area contributed by atoms with E-state index in [0.717, 1.165) is 18.2 Å². The first-order valence-electron chi connectivity index (χ1n) is 9.90. The van der Waals surface area contributed by atoms with Crippen molar-refractivity contribution in [3.63, 3.8) is 0 Å². The van der Waals surface area contributed by atoms with Crippen LogP contribution in [0.2, 0.25) is 0 Å². The zero-order valence-corrected chi connectivity index (χ0v) is 17.5. The number of carbonyl (C=O) groups excluding carboxylic acids is 1. The third kappa shape index (κ3) is 4.43. The first-order valence-corrected chi connectivity index (χ1v) is 9.90. The Hall–Kier alpha value is -4.15. The van der Waals surface area contributed by atoms with Crippen molar-refractivity contribution in [1.29, 1.82) is 0 Å². The molecule has 3 heterocycles. The predicted octanol–water partition coefficient (Wildman–Crippen LogP) is 4.36. The second-order valence-electron chi connectivity index (χ2n) is 7.14. The van der Waals surface area contributed by atoms with Gasteiger partial charge in [0.1, 0.15) is 11.5 Å². The summed E-state index contributed by atoms with van der Waals surface area (Å²) in [6.45, 7) is 3.50. The molecule has 0 radical (unpaired) electrons. The van der Waals surface area contributed by atoms with E-state index < -0.39 is 17.6 Å². The fraction of sp³-hybridized carbons (Fsp3) is 0.182. The van der Waals surface area contributed by atoms with Crippen molar-refractivity contribution in [3.8, 4) is 17.4 Å². The molecule has 170 valence electrons. The minimum atomic E-state index is -4.59. The van der Waals surface area contributed by atoms with Gasteiger partial charge in [-0.25, -0.2) is 4.98 Å². The van der Waals surface area contributed by atoms with E-state index in [4.69, 9.17) is 4.42 Å². The van der Waals surface area contributed by atoms with Crippen molar-refractivity contribution < 1.29 is 22.4 Å².